The SMILES string of the molecule is CCC(c1nnnn1C1CCCCC1)N(Cc1ccccc1OC)Cc1cc2cc(C)ccc2[nH]c1=O. The summed E-state index contributed by atoms with van der Waals surface area (Å²) >= 11 is 0. The van der Waals surface area contributed by atoms with Crippen LogP contribution in [-0.2, 0) is 13.1 Å². The Hall–Kier alpha value is -3.52. The van der Waals surface area contributed by atoms with Crippen LogP contribution < -0.4 is 10.3 Å². The Balaban J connectivity index is 1.55. The number of para-hydroxylation sites is 1. The fourth-order valence-corrected chi connectivity index (χ4v) is 5.65. The molecule has 0 radical (unpaired) electrons. The standard InChI is InChI=1S/C29H36N6O2/c1-4-26(28-31-32-33-35(28)24-11-6-5-7-12-24)34(18-21-10-8-9-13-27(21)37-3)19-23-17-22-16-20(2)14-15-25(22)30-29(23)36/h8-10,13-17,24,26H,4-7,11-12,18-19H2,1-3H3,(H,30,36). The average Bonchev–Trinajstić information content (AvgIpc) is 3.40. The number of benzene rings is 2. The van der Waals surface area contributed by atoms with Crippen LogP contribution in [-0.4, -0.2) is 37.2 Å². The minimum Gasteiger partial charge on any atom is -0.496 e. The summed E-state index contributed by atoms with van der Waals surface area (Å²) in [5.74, 6) is 1.70. The van der Waals surface area contributed by atoms with Gasteiger partial charge in [0.15, 0.2) is 5.82 Å². The molecule has 8 nitrogen and oxygen atoms in total. The van der Waals surface area contributed by atoms with E-state index in [0.717, 1.165) is 58.4 Å². The Morgan fingerprint density at radius 1 is 1.08 bits per heavy atom. The maximum absolute atomic E-state index is 13.2. The van der Waals surface area contributed by atoms with Gasteiger partial charge in [-0.25, -0.2) is 4.68 Å². The van der Waals surface area contributed by atoms with Crippen molar-refractivity contribution in [1.82, 2.24) is 30.1 Å². The number of pyridine rings is 1. The van der Waals surface area contributed by atoms with E-state index in [1.165, 1.54) is 19.3 Å². The largest absolute Gasteiger partial charge is 0.496 e. The van der Waals surface area contributed by atoms with Crippen molar-refractivity contribution >= 4 is 10.9 Å². The van der Waals surface area contributed by atoms with Crippen LogP contribution in [0.15, 0.2) is 53.3 Å². The number of nitrogens with zero attached hydrogens (tertiary/aromatic N) is 5. The van der Waals surface area contributed by atoms with Crippen molar-refractivity contribution in [2.24, 2.45) is 0 Å². The first-order valence-electron chi connectivity index (χ1n) is 13.3. The third-order valence-corrected chi connectivity index (χ3v) is 7.58. The summed E-state index contributed by atoms with van der Waals surface area (Å²) in [6.07, 6.45) is 6.70. The average molecular weight is 501 g/mol. The van der Waals surface area contributed by atoms with E-state index in [9.17, 15) is 4.79 Å². The van der Waals surface area contributed by atoms with Gasteiger partial charge in [-0.3, -0.25) is 9.69 Å². The highest BCUT2D eigenvalue weighted by molar-refractivity contribution is 5.79. The zero-order chi connectivity index (χ0) is 25.8. The van der Waals surface area contributed by atoms with Gasteiger partial charge in [0.1, 0.15) is 5.75 Å². The molecule has 0 aliphatic heterocycles. The molecule has 1 fully saturated rings. The van der Waals surface area contributed by atoms with Crippen molar-refractivity contribution in [3.63, 3.8) is 0 Å². The number of ether oxygens (including phenoxy) is 1. The van der Waals surface area contributed by atoms with Gasteiger partial charge in [0.25, 0.3) is 5.56 Å². The number of methoxy groups -OCH3 is 1. The van der Waals surface area contributed by atoms with Gasteiger partial charge < -0.3 is 9.72 Å². The molecule has 4 aromatic rings. The number of aromatic nitrogens is 5. The van der Waals surface area contributed by atoms with E-state index in [1.54, 1.807) is 7.11 Å². The molecule has 37 heavy (non-hydrogen) atoms. The summed E-state index contributed by atoms with van der Waals surface area (Å²) in [4.78, 5) is 18.6. The van der Waals surface area contributed by atoms with Gasteiger partial charge in [-0.2, -0.15) is 0 Å². The Kier molecular flexibility index (Phi) is 7.65. The number of tetrazole rings is 1. The first-order valence-corrected chi connectivity index (χ1v) is 13.3. The third kappa shape index (κ3) is 5.44. The van der Waals surface area contributed by atoms with E-state index in [0.29, 0.717) is 19.1 Å². The monoisotopic (exact) mass is 500 g/mol. The number of aromatic amines is 1. The van der Waals surface area contributed by atoms with Crippen LogP contribution >= 0.6 is 0 Å². The first kappa shape index (κ1) is 25.1. The molecule has 0 spiro atoms. The number of rotatable bonds is 9. The number of hydrogen-bond donors (Lipinski definition) is 1. The minimum atomic E-state index is -0.0666. The predicted molar refractivity (Wildman–Crippen MR) is 145 cm³/mol. The lowest BCUT2D eigenvalue weighted by molar-refractivity contribution is 0.153. The predicted octanol–water partition coefficient (Wildman–Crippen LogP) is 5.49. The summed E-state index contributed by atoms with van der Waals surface area (Å²) in [7, 11) is 1.69. The highest BCUT2D eigenvalue weighted by Crippen LogP contribution is 2.33. The fourth-order valence-electron chi connectivity index (χ4n) is 5.65. The van der Waals surface area contributed by atoms with E-state index >= 15 is 0 Å². The van der Waals surface area contributed by atoms with Gasteiger partial charge >= 0.3 is 0 Å². The highest BCUT2D eigenvalue weighted by atomic mass is 16.5. The van der Waals surface area contributed by atoms with Crippen LogP contribution in [0.1, 0.15) is 80.0 Å². The summed E-state index contributed by atoms with van der Waals surface area (Å²) in [6, 6.07) is 16.4. The number of nitrogens with one attached hydrogen (secondary N) is 1. The van der Waals surface area contributed by atoms with Gasteiger partial charge in [-0.05, 0) is 66.3 Å². The van der Waals surface area contributed by atoms with Crippen molar-refractivity contribution in [2.75, 3.05) is 7.11 Å². The molecule has 1 atom stereocenters. The molecule has 194 valence electrons. The lowest BCUT2D eigenvalue weighted by Gasteiger charge is -2.32. The molecule has 2 aromatic heterocycles. The molecule has 8 heteroatoms. The highest BCUT2D eigenvalue weighted by Gasteiger charge is 2.29. The van der Waals surface area contributed by atoms with E-state index in [4.69, 9.17) is 4.74 Å². The van der Waals surface area contributed by atoms with E-state index in [2.05, 4.69) is 56.1 Å². The molecular weight excluding hydrogens is 464 g/mol. The summed E-state index contributed by atoms with van der Waals surface area (Å²) in [5.41, 5.74) is 3.73. The first-order chi connectivity index (χ1) is 18.1. The maximum atomic E-state index is 13.2. The van der Waals surface area contributed by atoms with E-state index in [1.807, 2.05) is 36.4 Å². The van der Waals surface area contributed by atoms with Crippen LogP contribution in [0.4, 0.5) is 0 Å². The zero-order valence-electron chi connectivity index (χ0n) is 22.0. The molecule has 1 aliphatic rings. The van der Waals surface area contributed by atoms with Crippen LogP contribution in [0, 0.1) is 6.92 Å². The molecular formula is C29H36N6O2. The van der Waals surface area contributed by atoms with Crippen LogP contribution in [0.5, 0.6) is 5.75 Å². The van der Waals surface area contributed by atoms with Gasteiger partial charge in [-0.15, -0.1) is 5.10 Å². The second-order valence-corrected chi connectivity index (χ2v) is 10.1. The zero-order valence-corrected chi connectivity index (χ0v) is 22.0. The molecule has 1 unspecified atom stereocenters. The molecule has 2 aromatic carbocycles. The Morgan fingerprint density at radius 2 is 1.86 bits per heavy atom. The number of aryl methyl sites for hydroxylation is 1. The number of H-pyrrole nitrogens is 1. The Morgan fingerprint density at radius 3 is 2.65 bits per heavy atom. The van der Waals surface area contributed by atoms with Crippen molar-refractivity contribution in [1.29, 1.82) is 0 Å². The van der Waals surface area contributed by atoms with E-state index < -0.39 is 0 Å². The molecule has 5 rings (SSSR count). The van der Waals surface area contributed by atoms with Crippen molar-refractivity contribution in [2.45, 2.75) is 77.5 Å². The van der Waals surface area contributed by atoms with Gasteiger partial charge in [0.05, 0.1) is 19.2 Å². The van der Waals surface area contributed by atoms with E-state index in [-0.39, 0.29) is 11.6 Å². The Bertz CT molecular complexity index is 1410. The lowest BCUT2D eigenvalue weighted by atomic mass is 9.95. The topological polar surface area (TPSA) is 88.9 Å². The molecule has 1 saturated carbocycles. The molecule has 2 heterocycles. The fraction of sp³-hybridized carbons (Fsp3) is 0.448. The van der Waals surface area contributed by atoms with Gasteiger partial charge in [0, 0.05) is 29.7 Å². The quantitative estimate of drug-likeness (QED) is 0.327. The van der Waals surface area contributed by atoms with Crippen LogP contribution in [0.2, 0.25) is 0 Å². The molecule has 0 amide bonds. The second-order valence-electron chi connectivity index (χ2n) is 10.1. The summed E-state index contributed by atoms with van der Waals surface area (Å²) in [6.45, 7) is 5.29. The van der Waals surface area contributed by atoms with Crippen LogP contribution in [0.25, 0.3) is 10.9 Å². The maximum Gasteiger partial charge on any atom is 0.252 e. The minimum absolute atomic E-state index is 0.0607. The number of hydrogen-bond acceptors (Lipinski definition) is 6. The Labute approximate surface area is 217 Å². The summed E-state index contributed by atoms with van der Waals surface area (Å²) in [5, 5.41) is 14.1. The second kappa shape index (κ2) is 11.3. The normalized spacial score (nSPS) is 15.4. The van der Waals surface area contributed by atoms with Gasteiger partial charge in [-0.1, -0.05) is 56.0 Å². The van der Waals surface area contributed by atoms with Crippen molar-refractivity contribution < 1.29 is 4.74 Å². The number of fused-ring (bicyclic) bond motifs is 1. The lowest BCUT2D eigenvalue weighted by Crippen LogP contribution is -2.33. The molecule has 0 bridgehead atoms. The third-order valence-electron chi connectivity index (χ3n) is 7.58. The van der Waals surface area contributed by atoms with Crippen molar-refractivity contribution in [3.05, 3.63) is 81.4 Å². The van der Waals surface area contributed by atoms with Gasteiger partial charge in [0.2, 0.25) is 0 Å². The summed E-state index contributed by atoms with van der Waals surface area (Å²) < 4.78 is 7.73. The van der Waals surface area contributed by atoms with Crippen LogP contribution in [0.3, 0.4) is 0 Å². The van der Waals surface area contributed by atoms with Crippen molar-refractivity contribution in [3.8, 4) is 5.75 Å². The molecule has 1 N–H and O–H groups in total. The molecule has 1 aliphatic carbocycles. The smallest absolute Gasteiger partial charge is 0.252 e. The molecule has 0 saturated heterocycles.